The first kappa shape index (κ1) is 19.2. The molecule has 25 heavy (non-hydrogen) atoms. The van der Waals surface area contributed by atoms with Crippen molar-refractivity contribution in [3.8, 4) is 11.3 Å². The van der Waals surface area contributed by atoms with Gasteiger partial charge in [0, 0.05) is 35.9 Å². The summed E-state index contributed by atoms with van der Waals surface area (Å²) in [6.45, 7) is 2.09. The van der Waals surface area contributed by atoms with Crippen LogP contribution in [0.5, 0.6) is 0 Å². The van der Waals surface area contributed by atoms with Gasteiger partial charge in [0.2, 0.25) is 10.4 Å². The number of nitro benzene ring substituents is 1. The van der Waals surface area contributed by atoms with Crippen molar-refractivity contribution in [3.05, 3.63) is 44.6 Å². The van der Waals surface area contributed by atoms with Gasteiger partial charge in [0.15, 0.2) is 5.76 Å². The molecule has 2 heterocycles. The van der Waals surface area contributed by atoms with Gasteiger partial charge >= 0.3 is 4.87 Å². The fourth-order valence-electron chi connectivity index (χ4n) is 2.34. The number of nitro groups is 1. The molecule has 0 unspecified atom stereocenters. The molecular weight excluding hydrogens is 372 g/mol. The molecule has 9 nitrogen and oxygen atoms in total. The summed E-state index contributed by atoms with van der Waals surface area (Å²) < 4.78 is 41.0. The Morgan fingerprint density at radius 2 is 1.72 bits per heavy atom. The molecule has 1 fully saturated rings. The maximum atomic E-state index is 10.6. The number of rotatable bonds is 2. The van der Waals surface area contributed by atoms with Gasteiger partial charge in [-0.1, -0.05) is 0 Å². The van der Waals surface area contributed by atoms with Gasteiger partial charge in [-0.15, -0.1) is 0 Å². The van der Waals surface area contributed by atoms with Crippen LogP contribution in [0.2, 0.25) is 0 Å². The summed E-state index contributed by atoms with van der Waals surface area (Å²) in [4.78, 5) is 11.2. The predicted molar refractivity (Wildman–Crippen MR) is 89.9 cm³/mol. The minimum atomic E-state index is -4.92. The SMILES string of the molecule is O=S(=O)([O-])O.O=[N+]([O-])c1ccc(-c2csc(=[N+]3CCCCC3)o2)cc1. The molecule has 0 aliphatic carbocycles. The number of benzene rings is 1. The van der Waals surface area contributed by atoms with Crippen LogP contribution in [-0.2, 0) is 10.4 Å². The summed E-state index contributed by atoms with van der Waals surface area (Å²) in [7, 11) is -4.92. The van der Waals surface area contributed by atoms with Gasteiger partial charge in [0.1, 0.15) is 13.1 Å². The molecule has 1 aliphatic heterocycles. The van der Waals surface area contributed by atoms with Crippen molar-refractivity contribution in [2.75, 3.05) is 13.1 Å². The molecule has 136 valence electrons. The smallest absolute Gasteiger partial charge is 0.430 e. The summed E-state index contributed by atoms with van der Waals surface area (Å²) >= 11 is 1.59. The zero-order valence-corrected chi connectivity index (χ0v) is 14.7. The van der Waals surface area contributed by atoms with Gasteiger partial charge in [-0.2, -0.15) is 4.58 Å². The third-order valence-corrected chi connectivity index (χ3v) is 4.32. The Labute approximate surface area is 147 Å². The zero-order valence-electron chi connectivity index (χ0n) is 13.0. The van der Waals surface area contributed by atoms with Crippen LogP contribution in [0.1, 0.15) is 19.3 Å². The van der Waals surface area contributed by atoms with E-state index in [4.69, 9.17) is 21.9 Å². The summed E-state index contributed by atoms with van der Waals surface area (Å²) in [6, 6.07) is 6.46. The molecule has 1 N–H and O–H groups in total. The number of hydrogen-bond donors (Lipinski definition) is 1. The molecule has 1 aromatic heterocycles. The van der Waals surface area contributed by atoms with Crippen molar-refractivity contribution in [2.45, 2.75) is 19.3 Å². The maximum absolute atomic E-state index is 10.6. The van der Waals surface area contributed by atoms with Gasteiger partial charge in [-0.25, -0.2) is 8.42 Å². The van der Waals surface area contributed by atoms with E-state index >= 15 is 0 Å². The lowest BCUT2D eigenvalue weighted by molar-refractivity contribution is -0.384. The maximum Gasteiger partial charge on any atom is 0.430 e. The molecule has 0 saturated carbocycles. The number of hydrogen-bond acceptors (Lipinski definition) is 7. The molecule has 0 spiro atoms. The average Bonchev–Trinajstić information content (AvgIpc) is 3.04. The largest absolute Gasteiger partial charge is 0.726 e. The predicted octanol–water partition coefficient (Wildman–Crippen LogP) is 1.88. The normalized spacial score (nSPS) is 14.6. The van der Waals surface area contributed by atoms with Crippen molar-refractivity contribution in [3.63, 3.8) is 0 Å². The summed E-state index contributed by atoms with van der Waals surface area (Å²) in [5.41, 5.74) is 0.968. The molecule has 0 atom stereocenters. The van der Waals surface area contributed by atoms with Crippen LogP contribution >= 0.6 is 11.3 Å². The van der Waals surface area contributed by atoms with Crippen molar-refractivity contribution in [1.82, 2.24) is 4.58 Å². The minimum Gasteiger partial charge on any atom is -0.726 e. The van der Waals surface area contributed by atoms with Crippen molar-refractivity contribution >= 4 is 27.4 Å². The van der Waals surface area contributed by atoms with Crippen LogP contribution in [0.15, 0.2) is 34.1 Å². The molecule has 2 aromatic rings. The number of non-ortho nitro benzene ring substituents is 1. The molecule has 1 aliphatic rings. The highest BCUT2D eigenvalue weighted by molar-refractivity contribution is 7.79. The van der Waals surface area contributed by atoms with E-state index in [9.17, 15) is 10.1 Å². The lowest BCUT2D eigenvalue weighted by atomic mass is 10.2. The molecule has 0 amide bonds. The second-order valence-corrected chi connectivity index (χ2v) is 6.92. The van der Waals surface area contributed by atoms with E-state index in [1.165, 1.54) is 31.4 Å². The zero-order chi connectivity index (χ0) is 18.4. The van der Waals surface area contributed by atoms with Crippen LogP contribution in [-0.4, -0.2) is 35.5 Å². The van der Waals surface area contributed by atoms with Crippen LogP contribution in [0.3, 0.4) is 0 Å². The van der Waals surface area contributed by atoms with E-state index in [1.807, 2.05) is 5.38 Å². The van der Waals surface area contributed by atoms with Gasteiger partial charge in [0.25, 0.3) is 5.69 Å². The monoisotopic (exact) mass is 388 g/mol. The first-order valence-corrected chi connectivity index (χ1v) is 9.58. The second-order valence-electron chi connectivity index (χ2n) is 5.25. The lowest BCUT2D eigenvalue weighted by Crippen LogP contribution is -2.32. The van der Waals surface area contributed by atoms with E-state index in [2.05, 4.69) is 4.58 Å². The Morgan fingerprint density at radius 1 is 1.16 bits per heavy atom. The Kier molecular flexibility index (Phi) is 6.42. The first-order valence-electron chi connectivity index (χ1n) is 7.34. The average molecular weight is 388 g/mol. The third-order valence-electron chi connectivity index (χ3n) is 3.44. The Hall–Kier alpha value is -2.08. The third kappa shape index (κ3) is 6.38. The van der Waals surface area contributed by atoms with Crippen molar-refractivity contribution in [1.29, 1.82) is 0 Å². The number of nitrogens with zero attached hydrogens (tertiary/aromatic N) is 2. The fourth-order valence-corrected chi connectivity index (χ4v) is 3.20. The second kappa shape index (κ2) is 8.34. The first-order chi connectivity index (χ1) is 11.7. The van der Waals surface area contributed by atoms with Crippen LogP contribution in [0.4, 0.5) is 5.69 Å². The molecule has 1 saturated heterocycles. The highest BCUT2D eigenvalue weighted by atomic mass is 32.3. The molecule has 3 rings (SSSR count). The Balaban J connectivity index is 0.000000399. The van der Waals surface area contributed by atoms with E-state index in [0.29, 0.717) is 0 Å². The summed E-state index contributed by atoms with van der Waals surface area (Å²) in [5, 5.41) is 12.6. The highest BCUT2D eigenvalue weighted by Crippen LogP contribution is 2.22. The van der Waals surface area contributed by atoms with Crippen molar-refractivity contribution < 1.29 is 26.9 Å². The Bertz CT molecular complexity index is 882. The molecule has 0 bridgehead atoms. The van der Waals surface area contributed by atoms with E-state index in [-0.39, 0.29) is 5.69 Å². The van der Waals surface area contributed by atoms with E-state index in [1.54, 1.807) is 23.5 Å². The van der Waals surface area contributed by atoms with Gasteiger partial charge in [-0.3, -0.25) is 14.7 Å². The van der Waals surface area contributed by atoms with E-state index in [0.717, 1.165) is 29.3 Å². The van der Waals surface area contributed by atoms with Crippen LogP contribution in [0.25, 0.3) is 11.3 Å². The standard InChI is InChI=1S/C14H15N2O3S.H2O4S/c17-16(18)12-6-4-11(5-7-12)13-10-20-14(19-13)15-8-2-1-3-9-15;1-5(2,3)4/h4-7,10H,1-3,8-9H2;(H2,1,2,3,4)/q+1;/p-1. The Morgan fingerprint density at radius 3 is 2.24 bits per heavy atom. The van der Waals surface area contributed by atoms with Gasteiger partial charge in [0.05, 0.1) is 4.92 Å². The van der Waals surface area contributed by atoms with Crippen molar-refractivity contribution in [2.24, 2.45) is 0 Å². The summed E-state index contributed by atoms with van der Waals surface area (Å²) in [6.07, 6.45) is 3.71. The van der Waals surface area contributed by atoms with Gasteiger partial charge < -0.3 is 8.97 Å². The molecule has 11 heteroatoms. The highest BCUT2D eigenvalue weighted by Gasteiger charge is 2.15. The van der Waals surface area contributed by atoms with Crippen LogP contribution < -0.4 is 9.44 Å². The minimum absolute atomic E-state index is 0.0974. The topological polar surface area (TPSA) is 137 Å². The van der Waals surface area contributed by atoms with E-state index < -0.39 is 15.3 Å². The molecule has 1 aromatic carbocycles. The molecule has 0 radical (unpaired) electrons. The fraction of sp³-hybridized carbons (Fsp3) is 0.357. The lowest BCUT2D eigenvalue weighted by Gasteiger charge is -2.06. The van der Waals surface area contributed by atoms with Crippen LogP contribution in [0, 0.1) is 10.1 Å². The molecular formula is C14H16N2O7S2. The summed E-state index contributed by atoms with van der Waals surface area (Å²) in [5.74, 6) is 0.769. The number of piperidine rings is 1. The van der Waals surface area contributed by atoms with Gasteiger partial charge in [-0.05, 0) is 29.9 Å². The quantitative estimate of drug-likeness (QED) is 0.272.